The molecule has 2 aliphatic rings. The van der Waals surface area contributed by atoms with Gasteiger partial charge in [0.05, 0.1) is 5.69 Å². The Morgan fingerprint density at radius 1 is 0.317 bits per heavy atom. The van der Waals surface area contributed by atoms with Crippen LogP contribution in [0.15, 0.2) is 237 Å². The number of anilines is 3. The van der Waals surface area contributed by atoms with Gasteiger partial charge in [-0.15, -0.1) is 0 Å². The summed E-state index contributed by atoms with van der Waals surface area (Å²) < 4.78 is 0. The molecule has 298 valence electrons. The first-order valence-electron chi connectivity index (χ1n) is 22.1. The van der Waals surface area contributed by atoms with Crippen molar-refractivity contribution >= 4 is 27.8 Å². The summed E-state index contributed by atoms with van der Waals surface area (Å²) in [5.74, 6) is 0. The van der Waals surface area contributed by atoms with Gasteiger partial charge < -0.3 is 4.90 Å². The third-order valence-electron chi connectivity index (χ3n) is 14.2. The molecular weight excluding hydrogens is 759 g/mol. The molecule has 0 amide bonds. The van der Waals surface area contributed by atoms with Crippen molar-refractivity contribution in [1.82, 2.24) is 0 Å². The Bertz CT molecular complexity index is 3360. The molecule has 0 saturated carbocycles. The second kappa shape index (κ2) is 14.4. The van der Waals surface area contributed by atoms with E-state index in [-0.39, 0.29) is 10.8 Å². The van der Waals surface area contributed by atoms with Gasteiger partial charge in [-0.25, -0.2) is 0 Å². The van der Waals surface area contributed by atoms with Crippen molar-refractivity contribution < 1.29 is 0 Å². The first-order chi connectivity index (χ1) is 31.0. The smallest absolute Gasteiger partial charge is 0.0543 e. The van der Waals surface area contributed by atoms with E-state index in [1.165, 1.54) is 94.3 Å². The van der Waals surface area contributed by atoms with Gasteiger partial charge in [-0.2, -0.15) is 0 Å². The molecule has 0 N–H and O–H groups in total. The van der Waals surface area contributed by atoms with Crippen LogP contribution in [0.1, 0.15) is 47.2 Å². The molecule has 0 spiro atoms. The molecule has 0 saturated heterocycles. The fraction of sp³-hybridized carbons (Fsp3) is 0.0645. The van der Waals surface area contributed by atoms with Crippen LogP contribution in [0.2, 0.25) is 0 Å². The molecule has 2 aliphatic carbocycles. The van der Waals surface area contributed by atoms with E-state index in [1.807, 2.05) is 0 Å². The third-order valence-corrected chi connectivity index (χ3v) is 14.2. The molecule has 0 aliphatic heterocycles. The molecule has 12 rings (SSSR count). The molecule has 2 atom stereocenters. The molecule has 0 fully saturated rings. The van der Waals surface area contributed by atoms with Crippen LogP contribution in [0, 0.1) is 0 Å². The Morgan fingerprint density at radius 2 is 0.841 bits per heavy atom. The van der Waals surface area contributed by atoms with E-state index in [9.17, 15) is 0 Å². The molecule has 1 nitrogen and oxygen atoms in total. The lowest BCUT2D eigenvalue weighted by Crippen LogP contribution is -2.23. The highest BCUT2D eigenvalue weighted by Crippen LogP contribution is 2.58. The average Bonchev–Trinajstić information content (AvgIpc) is 3.78. The first kappa shape index (κ1) is 37.1. The minimum Gasteiger partial charge on any atom is -0.310 e. The van der Waals surface area contributed by atoms with Gasteiger partial charge in [0.1, 0.15) is 0 Å². The van der Waals surface area contributed by atoms with Gasteiger partial charge in [-0.05, 0) is 133 Å². The van der Waals surface area contributed by atoms with E-state index in [0.29, 0.717) is 0 Å². The van der Waals surface area contributed by atoms with E-state index in [0.717, 1.165) is 11.4 Å². The minimum atomic E-state index is -0.328. The molecule has 0 aromatic heterocycles. The van der Waals surface area contributed by atoms with Crippen LogP contribution >= 0.6 is 0 Å². The molecule has 10 aromatic rings. The normalized spacial score (nSPS) is 16.9. The fourth-order valence-electron chi connectivity index (χ4n) is 11.1. The number of nitrogens with zero attached hydrogens (tertiary/aromatic N) is 1. The van der Waals surface area contributed by atoms with Gasteiger partial charge in [0.2, 0.25) is 0 Å². The highest BCUT2D eigenvalue weighted by Gasteiger charge is 2.44. The zero-order valence-corrected chi connectivity index (χ0v) is 35.5. The third kappa shape index (κ3) is 5.63. The standard InChI is InChI=1S/C62H45N/c1-61(46-22-5-3-6-23-46)56-31-14-12-28-54(56)60-57(61)32-17-33-59(60)63(49-38-39-53-52-27-11-13-30-55(52)62(2,58(53)41-49)47-24-7-4-8-25-47)48-36-34-42(35-37-48)44-20-15-21-45(40-44)51-29-16-19-43-18-9-10-26-50(43)51/h3-41H,1-2H3. The Morgan fingerprint density at radius 3 is 1.60 bits per heavy atom. The Balaban J connectivity index is 1.05. The van der Waals surface area contributed by atoms with E-state index in [1.54, 1.807) is 0 Å². The zero-order valence-electron chi connectivity index (χ0n) is 35.5. The summed E-state index contributed by atoms with van der Waals surface area (Å²) >= 11 is 0. The molecule has 10 aromatic carbocycles. The number of hydrogen-bond acceptors (Lipinski definition) is 1. The summed E-state index contributed by atoms with van der Waals surface area (Å²) in [5, 5.41) is 2.52. The largest absolute Gasteiger partial charge is 0.310 e. The SMILES string of the molecule is CC1(c2ccccc2)c2ccccc2-c2ccc(N(c3ccc(-c4cccc(-c5cccc6ccccc56)c4)cc3)c3cccc4c3-c3ccccc3C4(C)c3ccccc3)cc21. The quantitative estimate of drug-likeness (QED) is 0.155. The Hall–Kier alpha value is -7.74. The maximum Gasteiger partial charge on any atom is 0.0543 e. The maximum atomic E-state index is 2.51. The first-order valence-corrected chi connectivity index (χ1v) is 22.1. The number of fused-ring (bicyclic) bond motifs is 7. The minimum absolute atomic E-state index is 0.320. The van der Waals surface area contributed by atoms with Crippen molar-refractivity contribution in [3.8, 4) is 44.5 Å². The molecule has 0 bridgehead atoms. The van der Waals surface area contributed by atoms with Gasteiger partial charge in [-0.1, -0.05) is 200 Å². The van der Waals surface area contributed by atoms with E-state index in [4.69, 9.17) is 0 Å². The van der Waals surface area contributed by atoms with E-state index >= 15 is 0 Å². The fourth-order valence-corrected chi connectivity index (χ4v) is 11.1. The summed E-state index contributed by atoms with van der Waals surface area (Å²) in [6.07, 6.45) is 0. The number of rotatable bonds is 7. The van der Waals surface area contributed by atoms with Crippen LogP contribution in [0.25, 0.3) is 55.3 Å². The summed E-state index contributed by atoms with van der Waals surface area (Å²) in [5.41, 5.74) is 20.7. The second-order valence-electron chi connectivity index (χ2n) is 17.5. The Labute approximate surface area is 370 Å². The Kier molecular flexibility index (Phi) is 8.49. The lowest BCUT2D eigenvalue weighted by Gasteiger charge is -2.32. The highest BCUT2D eigenvalue weighted by atomic mass is 15.1. The summed E-state index contributed by atoms with van der Waals surface area (Å²) in [7, 11) is 0. The summed E-state index contributed by atoms with van der Waals surface area (Å²) in [6.45, 7) is 4.81. The zero-order chi connectivity index (χ0) is 42.1. The van der Waals surface area contributed by atoms with Crippen molar-refractivity contribution in [2.24, 2.45) is 0 Å². The molecule has 2 unspecified atom stereocenters. The number of hydrogen-bond donors (Lipinski definition) is 0. The van der Waals surface area contributed by atoms with Crippen molar-refractivity contribution in [1.29, 1.82) is 0 Å². The molecule has 63 heavy (non-hydrogen) atoms. The topological polar surface area (TPSA) is 3.24 Å². The molecule has 1 heteroatoms. The molecule has 0 radical (unpaired) electrons. The van der Waals surface area contributed by atoms with Gasteiger partial charge in [0.15, 0.2) is 0 Å². The monoisotopic (exact) mass is 803 g/mol. The number of benzene rings is 10. The maximum absolute atomic E-state index is 2.51. The van der Waals surface area contributed by atoms with E-state index < -0.39 is 0 Å². The summed E-state index contributed by atoms with van der Waals surface area (Å²) in [6, 6.07) is 87.6. The van der Waals surface area contributed by atoms with Crippen molar-refractivity contribution in [2.45, 2.75) is 24.7 Å². The van der Waals surface area contributed by atoms with Crippen LogP contribution in [-0.4, -0.2) is 0 Å². The van der Waals surface area contributed by atoms with Gasteiger partial charge >= 0.3 is 0 Å². The lowest BCUT2D eigenvalue weighted by atomic mass is 9.74. The van der Waals surface area contributed by atoms with Crippen LogP contribution in [0.4, 0.5) is 17.1 Å². The average molecular weight is 804 g/mol. The lowest BCUT2D eigenvalue weighted by molar-refractivity contribution is 0.713. The highest BCUT2D eigenvalue weighted by molar-refractivity contribution is 5.99. The molecule has 0 heterocycles. The molecular formula is C62H45N. The van der Waals surface area contributed by atoms with Crippen LogP contribution in [0.3, 0.4) is 0 Å². The van der Waals surface area contributed by atoms with Gasteiger partial charge in [-0.3, -0.25) is 0 Å². The second-order valence-corrected chi connectivity index (χ2v) is 17.5. The van der Waals surface area contributed by atoms with Crippen molar-refractivity contribution in [3.63, 3.8) is 0 Å². The van der Waals surface area contributed by atoms with Crippen LogP contribution in [0.5, 0.6) is 0 Å². The summed E-state index contributed by atoms with van der Waals surface area (Å²) in [4.78, 5) is 2.51. The van der Waals surface area contributed by atoms with Crippen LogP contribution in [-0.2, 0) is 10.8 Å². The van der Waals surface area contributed by atoms with Gasteiger partial charge in [0, 0.05) is 27.8 Å². The van der Waals surface area contributed by atoms with E-state index in [2.05, 4.69) is 255 Å². The predicted octanol–water partition coefficient (Wildman–Crippen LogP) is 16.3. The van der Waals surface area contributed by atoms with Gasteiger partial charge in [0.25, 0.3) is 0 Å². The van der Waals surface area contributed by atoms with Crippen molar-refractivity contribution in [3.05, 3.63) is 270 Å². The van der Waals surface area contributed by atoms with Crippen LogP contribution < -0.4 is 4.90 Å². The van der Waals surface area contributed by atoms with Crippen molar-refractivity contribution in [2.75, 3.05) is 4.90 Å². The predicted molar refractivity (Wildman–Crippen MR) is 264 cm³/mol.